The highest BCUT2D eigenvalue weighted by Crippen LogP contribution is 2.20. The van der Waals surface area contributed by atoms with Crippen molar-refractivity contribution in [2.75, 3.05) is 7.11 Å². The summed E-state index contributed by atoms with van der Waals surface area (Å²) in [5.74, 6) is 0.379. The molecule has 0 aliphatic carbocycles. The summed E-state index contributed by atoms with van der Waals surface area (Å²) in [6.07, 6.45) is 0. The molecule has 0 radical (unpaired) electrons. The van der Waals surface area contributed by atoms with E-state index in [0.717, 1.165) is 16.5 Å². The van der Waals surface area contributed by atoms with Crippen molar-refractivity contribution in [2.45, 2.75) is 26.1 Å². The van der Waals surface area contributed by atoms with Crippen molar-refractivity contribution in [3.63, 3.8) is 0 Å². The quantitative estimate of drug-likeness (QED) is 0.355. The monoisotopic (exact) mass is 475 g/mol. The number of halogens is 1. The van der Waals surface area contributed by atoms with Gasteiger partial charge in [0, 0.05) is 18.2 Å². The minimum Gasteiger partial charge on any atom is -0.497 e. The van der Waals surface area contributed by atoms with Crippen LogP contribution in [0.15, 0.2) is 83.7 Å². The SMILES string of the molecule is COc1ccc2cc(CN(Cc3ccc(F)cc3)C(=S)NC(C)c3ccccc3)c(=O)[nH]c2c1. The number of methoxy groups -OCH3 is 1. The molecule has 1 aromatic heterocycles. The van der Waals surface area contributed by atoms with Crippen LogP contribution in [0, 0.1) is 5.82 Å². The van der Waals surface area contributed by atoms with Gasteiger partial charge in [-0.2, -0.15) is 0 Å². The highest BCUT2D eigenvalue weighted by Gasteiger charge is 2.17. The van der Waals surface area contributed by atoms with E-state index < -0.39 is 0 Å². The van der Waals surface area contributed by atoms with Gasteiger partial charge in [-0.1, -0.05) is 42.5 Å². The van der Waals surface area contributed by atoms with Crippen LogP contribution in [0.2, 0.25) is 0 Å². The number of benzene rings is 3. The van der Waals surface area contributed by atoms with E-state index in [1.165, 1.54) is 12.1 Å². The smallest absolute Gasteiger partial charge is 0.253 e. The first kappa shape index (κ1) is 23.4. The second kappa shape index (κ2) is 10.5. The molecule has 0 saturated carbocycles. The van der Waals surface area contributed by atoms with Gasteiger partial charge < -0.3 is 19.9 Å². The van der Waals surface area contributed by atoms with Gasteiger partial charge in [0.2, 0.25) is 0 Å². The highest BCUT2D eigenvalue weighted by molar-refractivity contribution is 7.80. The summed E-state index contributed by atoms with van der Waals surface area (Å²) in [5.41, 5.74) is 3.08. The van der Waals surface area contributed by atoms with Gasteiger partial charge in [-0.15, -0.1) is 0 Å². The number of pyridine rings is 1. The Labute approximate surface area is 203 Å². The molecule has 5 nitrogen and oxygen atoms in total. The van der Waals surface area contributed by atoms with E-state index in [9.17, 15) is 9.18 Å². The van der Waals surface area contributed by atoms with Gasteiger partial charge in [0.05, 0.1) is 25.2 Å². The number of aromatic nitrogens is 1. The topological polar surface area (TPSA) is 57.4 Å². The lowest BCUT2D eigenvalue weighted by molar-refractivity contribution is 0.392. The number of aromatic amines is 1. The number of ether oxygens (including phenoxy) is 1. The fraction of sp³-hybridized carbons (Fsp3) is 0.185. The molecule has 3 aromatic carbocycles. The van der Waals surface area contributed by atoms with Crippen LogP contribution in [0.5, 0.6) is 5.75 Å². The molecule has 0 aliphatic heterocycles. The zero-order valence-electron chi connectivity index (χ0n) is 19.0. The number of nitrogens with one attached hydrogen (secondary N) is 2. The largest absolute Gasteiger partial charge is 0.497 e. The second-order valence-corrected chi connectivity index (χ2v) is 8.53. The molecule has 0 amide bonds. The summed E-state index contributed by atoms with van der Waals surface area (Å²) in [5, 5.41) is 4.78. The standard InChI is InChI=1S/C27H26FN3O2S/c1-18(20-6-4-3-5-7-20)29-27(34)31(16-19-8-11-23(28)12-9-19)17-22-14-21-10-13-24(33-2)15-25(21)30-26(22)32/h3-15,18H,16-17H2,1-2H3,(H,29,34)(H,30,32). The summed E-state index contributed by atoms with van der Waals surface area (Å²) >= 11 is 5.76. The minimum atomic E-state index is -0.296. The van der Waals surface area contributed by atoms with Crippen molar-refractivity contribution in [1.82, 2.24) is 15.2 Å². The molecule has 0 bridgehead atoms. The average molecular weight is 476 g/mol. The van der Waals surface area contributed by atoms with E-state index in [1.807, 2.05) is 60.4 Å². The molecule has 1 heterocycles. The zero-order chi connectivity index (χ0) is 24.1. The molecule has 1 atom stereocenters. The maximum Gasteiger partial charge on any atom is 0.253 e. The van der Waals surface area contributed by atoms with Crippen LogP contribution in [0.4, 0.5) is 4.39 Å². The molecule has 0 fully saturated rings. The number of hydrogen-bond donors (Lipinski definition) is 2. The Morgan fingerprint density at radius 3 is 2.50 bits per heavy atom. The molecule has 2 N–H and O–H groups in total. The number of H-pyrrole nitrogens is 1. The zero-order valence-corrected chi connectivity index (χ0v) is 19.9. The fourth-order valence-electron chi connectivity index (χ4n) is 3.79. The van der Waals surface area contributed by atoms with Crippen molar-refractivity contribution >= 4 is 28.2 Å². The first-order valence-corrected chi connectivity index (χ1v) is 11.4. The van der Waals surface area contributed by atoms with Crippen LogP contribution < -0.4 is 15.6 Å². The van der Waals surface area contributed by atoms with Crippen molar-refractivity contribution in [2.24, 2.45) is 0 Å². The van der Waals surface area contributed by atoms with E-state index in [1.54, 1.807) is 25.3 Å². The Hall–Kier alpha value is -3.71. The maximum absolute atomic E-state index is 13.4. The minimum absolute atomic E-state index is 0.0215. The van der Waals surface area contributed by atoms with Crippen LogP contribution in [0.3, 0.4) is 0 Å². The van der Waals surface area contributed by atoms with Crippen molar-refractivity contribution in [3.8, 4) is 5.75 Å². The third kappa shape index (κ3) is 5.61. The fourth-order valence-corrected chi connectivity index (χ4v) is 4.09. The molecule has 7 heteroatoms. The van der Waals surface area contributed by atoms with Crippen molar-refractivity contribution < 1.29 is 9.13 Å². The van der Waals surface area contributed by atoms with E-state index in [-0.39, 0.29) is 17.4 Å². The first-order chi connectivity index (χ1) is 16.4. The third-order valence-electron chi connectivity index (χ3n) is 5.70. The van der Waals surface area contributed by atoms with Gasteiger partial charge in [0.25, 0.3) is 5.56 Å². The third-order valence-corrected chi connectivity index (χ3v) is 6.08. The lowest BCUT2D eigenvalue weighted by atomic mass is 10.1. The number of nitrogens with zero attached hydrogens (tertiary/aromatic N) is 1. The molecule has 0 aliphatic rings. The lowest BCUT2D eigenvalue weighted by Crippen LogP contribution is -2.41. The molecular formula is C27H26FN3O2S. The molecule has 4 rings (SSSR count). The Kier molecular flexibility index (Phi) is 7.23. The van der Waals surface area contributed by atoms with Gasteiger partial charge in [-0.05, 0) is 66.0 Å². The summed E-state index contributed by atoms with van der Waals surface area (Å²) in [4.78, 5) is 17.8. The van der Waals surface area contributed by atoms with Crippen LogP contribution in [-0.4, -0.2) is 22.1 Å². The maximum atomic E-state index is 13.4. The van der Waals surface area contributed by atoms with Crippen LogP contribution >= 0.6 is 12.2 Å². The average Bonchev–Trinajstić information content (AvgIpc) is 2.85. The van der Waals surface area contributed by atoms with Crippen molar-refractivity contribution in [1.29, 1.82) is 0 Å². The molecule has 4 aromatic rings. The molecule has 0 spiro atoms. The predicted molar refractivity (Wildman–Crippen MR) is 137 cm³/mol. The van der Waals surface area contributed by atoms with Crippen LogP contribution in [-0.2, 0) is 13.1 Å². The first-order valence-electron chi connectivity index (χ1n) is 11.0. The second-order valence-electron chi connectivity index (χ2n) is 8.14. The number of hydrogen-bond acceptors (Lipinski definition) is 3. The summed E-state index contributed by atoms with van der Waals surface area (Å²) < 4.78 is 18.7. The normalized spacial score (nSPS) is 11.7. The Bertz CT molecular complexity index is 1340. The molecule has 174 valence electrons. The Morgan fingerprint density at radius 1 is 1.06 bits per heavy atom. The van der Waals surface area contributed by atoms with Gasteiger partial charge in [0.15, 0.2) is 5.11 Å². The van der Waals surface area contributed by atoms with Crippen LogP contribution in [0.25, 0.3) is 10.9 Å². The van der Waals surface area contributed by atoms with E-state index in [0.29, 0.717) is 35.0 Å². The van der Waals surface area contributed by atoms with E-state index in [2.05, 4.69) is 10.3 Å². The van der Waals surface area contributed by atoms with Crippen molar-refractivity contribution in [3.05, 3.63) is 112 Å². The lowest BCUT2D eigenvalue weighted by Gasteiger charge is -2.28. The molecule has 34 heavy (non-hydrogen) atoms. The van der Waals surface area contributed by atoms with E-state index >= 15 is 0 Å². The van der Waals surface area contributed by atoms with Gasteiger partial charge in [-0.3, -0.25) is 4.79 Å². The van der Waals surface area contributed by atoms with Gasteiger partial charge in [-0.25, -0.2) is 4.39 Å². The summed E-state index contributed by atoms with van der Waals surface area (Å²) in [6.45, 7) is 2.75. The number of rotatable bonds is 7. The van der Waals surface area contributed by atoms with E-state index in [4.69, 9.17) is 17.0 Å². The number of fused-ring (bicyclic) bond motifs is 1. The molecule has 1 unspecified atom stereocenters. The number of thiocarbonyl (C=S) groups is 1. The highest BCUT2D eigenvalue weighted by atomic mass is 32.1. The predicted octanol–water partition coefficient (Wildman–Crippen LogP) is 5.31. The van der Waals surface area contributed by atoms with Gasteiger partial charge >= 0.3 is 0 Å². The van der Waals surface area contributed by atoms with Gasteiger partial charge in [0.1, 0.15) is 11.6 Å². The van der Waals surface area contributed by atoms with Crippen LogP contribution in [0.1, 0.15) is 29.7 Å². The summed E-state index contributed by atoms with van der Waals surface area (Å²) in [6, 6.07) is 23.7. The Morgan fingerprint density at radius 2 is 1.79 bits per heavy atom. The molecular weight excluding hydrogens is 449 g/mol. The molecule has 0 saturated heterocycles. The summed E-state index contributed by atoms with van der Waals surface area (Å²) in [7, 11) is 1.59. The Balaban J connectivity index is 1.62.